The summed E-state index contributed by atoms with van der Waals surface area (Å²) in [4.78, 5) is 4.55. The van der Waals surface area contributed by atoms with Crippen molar-refractivity contribution in [3.8, 4) is 5.75 Å². The SMILES string of the molecule is Oc1ccc(CC2CN=C(CC3CCNCC3)O2)cc1. The topological polar surface area (TPSA) is 53.9 Å². The number of nitrogens with one attached hydrogen (secondary N) is 1. The summed E-state index contributed by atoms with van der Waals surface area (Å²) in [6, 6.07) is 7.34. The molecule has 4 nitrogen and oxygen atoms in total. The van der Waals surface area contributed by atoms with Crippen molar-refractivity contribution < 1.29 is 9.84 Å². The Morgan fingerprint density at radius 3 is 2.65 bits per heavy atom. The van der Waals surface area contributed by atoms with Crippen LogP contribution in [0.2, 0.25) is 0 Å². The van der Waals surface area contributed by atoms with E-state index in [-0.39, 0.29) is 6.10 Å². The molecule has 2 heterocycles. The molecule has 0 spiro atoms. The van der Waals surface area contributed by atoms with Gasteiger partial charge in [0.2, 0.25) is 0 Å². The van der Waals surface area contributed by atoms with E-state index >= 15 is 0 Å². The number of phenols is 1. The monoisotopic (exact) mass is 274 g/mol. The van der Waals surface area contributed by atoms with Crippen LogP contribution >= 0.6 is 0 Å². The number of piperidine rings is 1. The molecule has 0 bridgehead atoms. The number of nitrogens with zero attached hydrogens (tertiary/aromatic N) is 1. The predicted molar refractivity (Wildman–Crippen MR) is 79.2 cm³/mol. The van der Waals surface area contributed by atoms with Crippen LogP contribution in [0.15, 0.2) is 29.3 Å². The summed E-state index contributed by atoms with van der Waals surface area (Å²) in [6.07, 6.45) is 4.47. The number of hydrogen-bond acceptors (Lipinski definition) is 4. The van der Waals surface area contributed by atoms with Crippen LogP contribution in [0.1, 0.15) is 24.8 Å². The van der Waals surface area contributed by atoms with Gasteiger partial charge in [0.05, 0.1) is 6.54 Å². The number of ether oxygens (including phenoxy) is 1. The van der Waals surface area contributed by atoms with Crippen molar-refractivity contribution in [2.45, 2.75) is 31.8 Å². The Hall–Kier alpha value is -1.55. The normalized spacial score (nSPS) is 23.4. The van der Waals surface area contributed by atoms with Gasteiger partial charge in [-0.1, -0.05) is 12.1 Å². The molecule has 108 valence electrons. The van der Waals surface area contributed by atoms with Gasteiger partial charge in [-0.2, -0.15) is 0 Å². The molecular weight excluding hydrogens is 252 g/mol. The van der Waals surface area contributed by atoms with Crippen LogP contribution < -0.4 is 5.32 Å². The highest BCUT2D eigenvalue weighted by Gasteiger charge is 2.23. The summed E-state index contributed by atoms with van der Waals surface area (Å²) >= 11 is 0. The molecule has 1 aromatic rings. The Morgan fingerprint density at radius 1 is 1.15 bits per heavy atom. The van der Waals surface area contributed by atoms with Crippen LogP contribution in [-0.2, 0) is 11.2 Å². The van der Waals surface area contributed by atoms with E-state index in [1.807, 2.05) is 12.1 Å². The van der Waals surface area contributed by atoms with Gasteiger partial charge >= 0.3 is 0 Å². The lowest BCUT2D eigenvalue weighted by Gasteiger charge is -2.22. The maximum Gasteiger partial charge on any atom is 0.184 e. The van der Waals surface area contributed by atoms with Gasteiger partial charge in [0.25, 0.3) is 0 Å². The molecule has 0 aliphatic carbocycles. The second-order valence-corrected chi connectivity index (χ2v) is 5.74. The van der Waals surface area contributed by atoms with Gasteiger partial charge in [0, 0.05) is 12.8 Å². The van der Waals surface area contributed by atoms with E-state index in [0.29, 0.717) is 5.75 Å². The maximum absolute atomic E-state index is 9.28. The van der Waals surface area contributed by atoms with Crippen LogP contribution in [-0.4, -0.2) is 36.7 Å². The molecule has 0 aromatic heterocycles. The van der Waals surface area contributed by atoms with E-state index in [1.165, 1.54) is 18.4 Å². The Kier molecular flexibility index (Phi) is 4.21. The maximum atomic E-state index is 9.28. The van der Waals surface area contributed by atoms with Crippen LogP contribution in [0.5, 0.6) is 5.75 Å². The van der Waals surface area contributed by atoms with Gasteiger partial charge in [-0.3, -0.25) is 4.99 Å². The van der Waals surface area contributed by atoms with Gasteiger partial charge < -0.3 is 15.2 Å². The summed E-state index contributed by atoms with van der Waals surface area (Å²) in [6.45, 7) is 3.00. The third-order valence-corrected chi connectivity index (χ3v) is 4.10. The van der Waals surface area contributed by atoms with Crippen LogP contribution in [0.25, 0.3) is 0 Å². The number of aliphatic imine (C=N–C) groups is 1. The Balaban J connectivity index is 1.47. The average Bonchev–Trinajstić information content (AvgIpc) is 2.90. The zero-order valence-corrected chi connectivity index (χ0v) is 11.7. The lowest BCUT2D eigenvalue weighted by molar-refractivity contribution is 0.212. The lowest BCUT2D eigenvalue weighted by Crippen LogP contribution is -2.29. The lowest BCUT2D eigenvalue weighted by atomic mass is 9.95. The molecule has 2 N–H and O–H groups in total. The first kappa shape index (κ1) is 13.4. The Labute approximate surface area is 119 Å². The molecule has 2 aliphatic heterocycles. The third-order valence-electron chi connectivity index (χ3n) is 4.10. The summed E-state index contributed by atoms with van der Waals surface area (Å²) < 4.78 is 5.97. The highest BCUT2D eigenvalue weighted by molar-refractivity contribution is 5.78. The molecule has 1 saturated heterocycles. The number of phenolic OH excluding ortho intramolecular Hbond substituents is 1. The second-order valence-electron chi connectivity index (χ2n) is 5.74. The summed E-state index contributed by atoms with van der Waals surface area (Å²) in [7, 11) is 0. The fraction of sp³-hybridized carbons (Fsp3) is 0.562. The van der Waals surface area contributed by atoms with Crippen molar-refractivity contribution in [3.63, 3.8) is 0 Å². The fourth-order valence-electron chi connectivity index (χ4n) is 2.92. The third kappa shape index (κ3) is 3.51. The van der Waals surface area contributed by atoms with E-state index in [0.717, 1.165) is 44.3 Å². The predicted octanol–water partition coefficient (Wildman–Crippen LogP) is 2.12. The van der Waals surface area contributed by atoms with Crippen molar-refractivity contribution in [1.82, 2.24) is 5.32 Å². The van der Waals surface area contributed by atoms with Gasteiger partial charge in [-0.05, 0) is 49.5 Å². The largest absolute Gasteiger partial charge is 0.508 e. The molecular formula is C16H22N2O2. The molecule has 4 heteroatoms. The van der Waals surface area contributed by atoms with Crippen molar-refractivity contribution in [3.05, 3.63) is 29.8 Å². The second kappa shape index (κ2) is 6.27. The highest BCUT2D eigenvalue weighted by Crippen LogP contribution is 2.21. The molecule has 2 aliphatic rings. The summed E-state index contributed by atoms with van der Waals surface area (Å²) in [5.74, 6) is 1.98. The number of rotatable bonds is 4. The van der Waals surface area contributed by atoms with E-state index < -0.39 is 0 Å². The molecule has 20 heavy (non-hydrogen) atoms. The van der Waals surface area contributed by atoms with Crippen molar-refractivity contribution >= 4 is 5.90 Å². The molecule has 3 rings (SSSR count). The van der Waals surface area contributed by atoms with Gasteiger partial charge in [-0.25, -0.2) is 0 Å². The number of benzene rings is 1. The molecule has 1 fully saturated rings. The fourth-order valence-corrected chi connectivity index (χ4v) is 2.92. The van der Waals surface area contributed by atoms with E-state index in [1.54, 1.807) is 12.1 Å². The summed E-state index contributed by atoms with van der Waals surface area (Å²) in [5, 5.41) is 12.7. The van der Waals surface area contributed by atoms with E-state index in [2.05, 4.69) is 10.3 Å². The Bertz CT molecular complexity index is 464. The molecule has 0 amide bonds. The summed E-state index contributed by atoms with van der Waals surface area (Å²) in [5.41, 5.74) is 1.19. The molecule has 1 aromatic carbocycles. The standard InChI is InChI=1S/C16H22N2O2/c19-14-3-1-12(2-4-14)9-15-11-18-16(20-15)10-13-5-7-17-8-6-13/h1-4,13,15,17,19H,5-11H2. The van der Waals surface area contributed by atoms with Crippen molar-refractivity contribution in [2.24, 2.45) is 10.9 Å². The van der Waals surface area contributed by atoms with Gasteiger partial charge in [0.1, 0.15) is 11.9 Å². The molecule has 0 radical (unpaired) electrons. The van der Waals surface area contributed by atoms with E-state index in [4.69, 9.17) is 4.74 Å². The van der Waals surface area contributed by atoms with Crippen LogP contribution in [0.4, 0.5) is 0 Å². The first-order valence-electron chi connectivity index (χ1n) is 7.48. The number of hydrogen-bond donors (Lipinski definition) is 2. The minimum Gasteiger partial charge on any atom is -0.508 e. The van der Waals surface area contributed by atoms with Crippen LogP contribution in [0, 0.1) is 5.92 Å². The average molecular weight is 274 g/mol. The minimum atomic E-state index is 0.163. The zero-order chi connectivity index (χ0) is 13.8. The smallest absolute Gasteiger partial charge is 0.184 e. The van der Waals surface area contributed by atoms with Gasteiger partial charge in [0.15, 0.2) is 5.90 Å². The molecule has 0 saturated carbocycles. The molecule has 1 unspecified atom stereocenters. The number of aromatic hydroxyl groups is 1. The molecule has 1 atom stereocenters. The first-order valence-corrected chi connectivity index (χ1v) is 7.48. The quantitative estimate of drug-likeness (QED) is 0.884. The highest BCUT2D eigenvalue weighted by atomic mass is 16.5. The van der Waals surface area contributed by atoms with Crippen LogP contribution in [0.3, 0.4) is 0 Å². The van der Waals surface area contributed by atoms with Crippen molar-refractivity contribution in [2.75, 3.05) is 19.6 Å². The Morgan fingerprint density at radius 2 is 1.90 bits per heavy atom. The zero-order valence-electron chi connectivity index (χ0n) is 11.7. The first-order chi connectivity index (χ1) is 9.79. The van der Waals surface area contributed by atoms with Gasteiger partial charge in [-0.15, -0.1) is 0 Å². The van der Waals surface area contributed by atoms with Crippen molar-refractivity contribution in [1.29, 1.82) is 0 Å². The minimum absolute atomic E-state index is 0.163. The van der Waals surface area contributed by atoms with E-state index in [9.17, 15) is 5.11 Å².